The van der Waals surface area contributed by atoms with E-state index in [2.05, 4.69) is 23.3 Å². The van der Waals surface area contributed by atoms with Gasteiger partial charge in [-0.25, -0.2) is 4.79 Å². The number of rotatable bonds is 5. The highest BCUT2D eigenvalue weighted by molar-refractivity contribution is 7.80. The van der Waals surface area contributed by atoms with Crippen LogP contribution in [0.1, 0.15) is 5.56 Å². The first-order valence-electron chi connectivity index (χ1n) is 4.99. The van der Waals surface area contributed by atoms with E-state index in [0.717, 1.165) is 6.42 Å². The number of carbonyl (C=O) groups excluding carboxylic acids is 1. The summed E-state index contributed by atoms with van der Waals surface area (Å²) < 4.78 is 0. The molecular formula is C11H16N2OS. The van der Waals surface area contributed by atoms with Crippen molar-refractivity contribution in [2.75, 3.05) is 18.8 Å². The van der Waals surface area contributed by atoms with E-state index in [9.17, 15) is 4.79 Å². The van der Waals surface area contributed by atoms with E-state index < -0.39 is 0 Å². The van der Waals surface area contributed by atoms with Crippen molar-refractivity contribution >= 4 is 18.7 Å². The van der Waals surface area contributed by atoms with Crippen molar-refractivity contribution in [3.05, 3.63) is 35.9 Å². The molecule has 1 aromatic rings. The van der Waals surface area contributed by atoms with Crippen molar-refractivity contribution in [1.82, 2.24) is 10.6 Å². The van der Waals surface area contributed by atoms with E-state index in [0.29, 0.717) is 18.8 Å². The van der Waals surface area contributed by atoms with Crippen LogP contribution in [-0.2, 0) is 6.42 Å². The predicted molar refractivity (Wildman–Crippen MR) is 65.4 cm³/mol. The summed E-state index contributed by atoms with van der Waals surface area (Å²) in [5.41, 5.74) is 1.23. The average molecular weight is 224 g/mol. The molecule has 2 N–H and O–H groups in total. The van der Waals surface area contributed by atoms with Crippen LogP contribution in [0.5, 0.6) is 0 Å². The normalized spacial score (nSPS) is 9.67. The summed E-state index contributed by atoms with van der Waals surface area (Å²) in [6.45, 7) is 1.25. The lowest BCUT2D eigenvalue weighted by Crippen LogP contribution is -2.37. The lowest BCUT2D eigenvalue weighted by molar-refractivity contribution is 0.241. The van der Waals surface area contributed by atoms with E-state index in [1.165, 1.54) is 5.56 Å². The molecule has 0 aliphatic carbocycles. The molecule has 82 valence electrons. The Morgan fingerprint density at radius 3 is 2.47 bits per heavy atom. The highest BCUT2D eigenvalue weighted by Gasteiger charge is 1.97. The van der Waals surface area contributed by atoms with Gasteiger partial charge in [0, 0.05) is 18.8 Å². The van der Waals surface area contributed by atoms with Crippen LogP contribution in [0.4, 0.5) is 4.79 Å². The average Bonchev–Trinajstić information content (AvgIpc) is 2.28. The standard InChI is InChI=1S/C11H16N2OS/c14-11(13-8-9-15)12-7-6-10-4-2-1-3-5-10/h1-5,15H,6-9H2,(H2,12,13,14). The molecule has 15 heavy (non-hydrogen) atoms. The SMILES string of the molecule is O=C(NCCS)NCCc1ccccc1. The van der Waals surface area contributed by atoms with Crippen LogP contribution < -0.4 is 10.6 Å². The third kappa shape index (κ3) is 5.32. The van der Waals surface area contributed by atoms with Crippen LogP contribution in [0.25, 0.3) is 0 Å². The fraction of sp³-hybridized carbons (Fsp3) is 0.364. The number of hydrogen-bond donors (Lipinski definition) is 3. The molecule has 0 radical (unpaired) electrons. The van der Waals surface area contributed by atoms with Gasteiger partial charge in [-0.15, -0.1) is 0 Å². The zero-order valence-corrected chi connectivity index (χ0v) is 9.47. The van der Waals surface area contributed by atoms with Gasteiger partial charge in [-0.05, 0) is 12.0 Å². The highest BCUT2D eigenvalue weighted by Crippen LogP contribution is 1.97. The van der Waals surface area contributed by atoms with Gasteiger partial charge in [0.2, 0.25) is 0 Å². The minimum absolute atomic E-state index is 0.125. The van der Waals surface area contributed by atoms with Crippen molar-refractivity contribution in [1.29, 1.82) is 0 Å². The summed E-state index contributed by atoms with van der Waals surface area (Å²) in [6, 6.07) is 9.95. The third-order valence-electron chi connectivity index (χ3n) is 1.94. The van der Waals surface area contributed by atoms with Crippen LogP contribution in [0.3, 0.4) is 0 Å². The second-order valence-electron chi connectivity index (χ2n) is 3.14. The maximum absolute atomic E-state index is 11.1. The van der Waals surface area contributed by atoms with E-state index in [-0.39, 0.29) is 6.03 Å². The first-order valence-corrected chi connectivity index (χ1v) is 5.62. The summed E-state index contributed by atoms with van der Waals surface area (Å²) in [4.78, 5) is 11.1. The van der Waals surface area contributed by atoms with Crippen LogP contribution in [-0.4, -0.2) is 24.9 Å². The van der Waals surface area contributed by atoms with Gasteiger partial charge in [-0.1, -0.05) is 30.3 Å². The Morgan fingerprint density at radius 2 is 1.80 bits per heavy atom. The molecule has 2 amide bonds. The quantitative estimate of drug-likeness (QED) is 0.651. The molecule has 1 aromatic carbocycles. The minimum atomic E-state index is -0.125. The van der Waals surface area contributed by atoms with Crippen molar-refractivity contribution < 1.29 is 4.79 Å². The molecule has 0 fully saturated rings. The Bertz CT molecular complexity index is 290. The summed E-state index contributed by atoms with van der Waals surface area (Å²) >= 11 is 4.00. The molecular weight excluding hydrogens is 208 g/mol. The van der Waals surface area contributed by atoms with E-state index >= 15 is 0 Å². The van der Waals surface area contributed by atoms with E-state index in [4.69, 9.17) is 0 Å². The number of nitrogens with one attached hydrogen (secondary N) is 2. The van der Waals surface area contributed by atoms with Gasteiger partial charge in [0.1, 0.15) is 0 Å². The Kier molecular flexibility index (Phi) is 5.70. The van der Waals surface area contributed by atoms with Gasteiger partial charge >= 0.3 is 6.03 Å². The molecule has 0 bridgehead atoms. The van der Waals surface area contributed by atoms with Gasteiger partial charge in [0.15, 0.2) is 0 Å². The third-order valence-corrected chi connectivity index (χ3v) is 2.16. The van der Waals surface area contributed by atoms with Crippen molar-refractivity contribution in [3.63, 3.8) is 0 Å². The first kappa shape index (κ1) is 11.9. The fourth-order valence-electron chi connectivity index (χ4n) is 1.20. The maximum atomic E-state index is 11.1. The second kappa shape index (κ2) is 7.17. The molecule has 1 rings (SSSR count). The number of carbonyl (C=O) groups is 1. The Balaban J connectivity index is 2.14. The molecule has 4 heteroatoms. The second-order valence-corrected chi connectivity index (χ2v) is 3.59. The summed E-state index contributed by atoms with van der Waals surface area (Å²) in [6.07, 6.45) is 0.856. The number of thiol groups is 1. The smallest absolute Gasteiger partial charge is 0.314 e. The molecule has 0 aliphatic heterocycles. The van der Waals surface area contributed by atoms with Gasteiger partial charge < -0.3 is 10.6 Å². The first-order chi connectivity index (χ1) is 7.33. The van der Waals surface area contributed by atoms with Gasteiger partial charge in [0.25, 0.3) is 0 Å². The largest absolute Gasteiger partial charge is 0.338 e. The molecule has 0 aliphatic rings. The molecule has 0 spiro atoms. The van der Waals surface area contributed by atoms with Gasteiger partial charge in [0.05, 0.1) is 0 Å². The van der Waals surface area contributed by atoms with Gasteiger partial charge in [-0.2, -0.15) is 12.6 Å². The highest BCUT2D eigenvalue weighted by atomic mass is 32.1. The molecule has 0 atom stereocenters. The van der Waals surface area contributed by atoms with Crippen LogP contribution >= 0.6 is 12.6 Å². The van der Waals surface area contributed by atoms with E-state index in [1.807, 2.05) is 30.3 Å². The number of benzene rings is 1. The summed E-state index contributed by atoms with van der Waals surface area (Å²) in [5.74, 6) is 0.659. The Morgan fingerprint density at radius 1 is 1.13 bits per heavy atom. The number of urea groups is 1. The Labute approximate surface area is 95.7 Å². The molecule has 0 heterocycles. The predicted octanol–water partition coefficient (Wildman–Crippen LogP) is 1.46. The number of hydrogen-bond acceptors (Lipinski definition) is 2. The van der Waals surface area contributed by atoms with E-state index in [1.54, 1.807) is 0 Å². The van der Waals surface area contributed by atoms with Crippen molar-refractivity contribution in [3.8, 4) is 0 Å². The Hall–Kier alpha value is -1.16. The van der Waals surface area contributed by atoms with Gasteiger partial charge in [-0.3, -0.25) is 0 Å². The van der Waals surface area contributed by atoms with Crippen LogP contribution in [0.2, 0.25) is 0 Å². The topological polar surface area (TPSA) is 41.1 Å². The molecule has 0 saturated heterocycles. The number of amides is 2. The van der Waals surface area contributed by atoms with Crippen LogP contribution in [0.15, 0.2) is 30.3 Å². The zero-order chi connectivity index (χ0) is 10.9. The maximum Gasteiger partial charge on any atom is 0.314 e. The van der Waals surface area contributed by atoms with Crippen molar-refractivity contribution in [2.45, 2.75) is 6.42 Å². The lowest BCUT2D eigenvalue weighted by atomic mass is 10.1. The molecule has 0 aromatic heterocycles. The lowest BCUT2D eigenvalue weighted by Gasteiger charge is -2.06. The summed E-state index contributed by atoms with van der Waals surface area (Å²) in [7, 11) is 0. The van der Waals surface area contributed by atoms with Crippen molar-refractivity contribution in [2.24, 2.45) is 0 Å². The molecule has 0 unspecified atom stereocenters. The minimum Gasteiger partial charge on any atom is -0.338 e. The monoisotopic (exact) mass is 224 g/mol. The molecule has 0 saturated carbocycles. The summed E-state index contributed by atoms with van der Waals surface area (Å²) in [5, 5.41) is 5.47. The fourth-order valence-corrected chi connectivity index (χ4v) is 1.31. The van der Waals surface area contributed by atoms with Crippen LogP contribution in [0, 0.1) is 0 Å². The molecule has 3 nitrogen and oxygen atoms in total. The zero-order valence-electron chi connectivity index (χ0n) is 8.57.